The molecule has 1 fully saturated rings. The van der Waals surface area contributed by atoms with Gasteiger partial charge in [0.25, 0.3) is 0 Å². The lowest BCUT2D eigenvalue weighted by molar-refractivity contribution is 0.188. The minimum atomic E-state index is 0.121. The highest BCUT2D eigenvalue weighted by Gasteiger charge is 2.20. The van der Waals surface area contributed by atoms with Gasteiger partial charge in [-0.3, -0.25) is 0 Å². The Balaban J connectivity index is 2.06. The highest BCUT2D eigenvalue weighted by Crippen LogP contribution is 2.17. The maximum absolute atomic E-state index is 11.7. The number of piperidine rings is 1. The first kappa shape index (κ1) is 13.8. The summed E-state index contributed by atoms with van der Waals surface area (Å²) in [5.41, 5.74) is 0. The number of likely N-dealkylation sites (tertiary alicyclic amines) is 1. The van der Waals surface area contributed by atoms with Crippen molar-refractivity contribution in [1.82, 2.24) is 10.2 Å². The average Bonchev–Trinajstić information content (AvgIpc) is 2.29. The summed E-state index contributed by atoms with van der Waals surface area (Å²) >= 11 is 3.59. The van der Waals surface area contributed by atoms with E-state index in [1.165, 1.54) is 19.3 Å². The van der Waals surface area contributed by atoms with Gasteiger partial charge in [0.15, 0.2) is 0 Å². The molecule has 16 heavy (non-hydrogen) atoms. The molecule has 1 aliphatic heterocycles. The van der Waals surface area contributed by atoms with Crippen molar-refractivity contribution in [2.75, 3.05) is 19.6 Å². The third-order valence-electron chi connectivity index (χ3n) is 3.02. The number of halogens is 1. The van der Waals surface area contributed by atoms with Gasteiger partial charge in [-0.05, 0) is 19.3 Å². The van der Waals surface area contributed by atoms with E-state index in [0.717, 1.165) is 38.9 Å². The smallest absolute Gasteiger partial charge is 0.317 e. The number of hydrogen-bond acceptors (Lipinski definition) is 1. The van der Waals surface area contributed by atoms with Crippen molar-refractivity contribution in [1.29, 1.82) is 0 Å². The topological polar surface area (TPSA) is 32.3 Å². The molecule has 0 bridgehead atoms. The Morgan fingerprint density at radius 3 is 2.62 bits per heavy atom. The molecule has 0 aliphatic carbocycles. The summed E-state index contributed by atoms with van der Waals surface area (Å²) in [6.07, 6.45) is 6.98. The number of carbonyl (C=O) groups is 1. The Bertz CT molecular complexity index is 203. The second-order valence-electron chi connectivity index (χ2n) is 4.45. The molecule has 1 heterocycles. The average molecular weight is 291 g/mol. The molecule has 0 saturated carbocycles. The molecule has 1 aliphatic rings. The first-order chi connectivity index (χ1) is 7.74. The van der Waals surface area contributed by atoms with Gasteiger partial charge in [0.2, 0.25) is 0 Å². The minimum Gasteiger partial charge on any atom is -0.338 e. The molecular formula is C12H23BrN2O. The molecular weight excluding hydrogens is 268 g/mol. The van der Waals surface area contributed by atoms with Crippen molar-refractivity contribution in [2.24, 2.45) is 0 Å². The van der Waals surface area contributed by atoms with E-state index in [-0.39, 0.29) is 6.03 Å². The van der Waals surface area contributed by atoms with Crippen LogP contribution in [-0.4, -0.2) is 35.4 Å². The Hall–Kier alpha value is -0.250. The van der Waals surface area contributed by atoms with Crippen LogP contribution in [0, 0.1) is 0 Å². The molecule has 0 spiro atoms. The molecule has 1 N–H and O–H groups in total. The number of alkyl halides is 1. The van der Waals surface area contributed by atoms with Crippen LogP contribution in [0.2, 0.25) is 0 Å². The van der Waals surface area contributed by atoms with Crippen LogP contribution < -0.4 is 5.32 Å². The lowest BCUT2D eigenvalue weighted by atomic mass is 10.1. The summed E-state index contributed by atoms with van der Waals surface area (Å²) in [4.78, 5) is 14.3. The van der Waals surface area contributed by atoms with Crippen LogP contribution in [0.1, 0.15) is 45.4 Å². The molecule has 0 radical (unpaired) electrons. The van der Waals surface area contributed by atoms with Crippen LogP contribution in [-0.2, 0) is 0 Å². The Morgan fingerprint density at radius 1 is 1.31 bits per heavy atom. The van der Waals surface area contributed by atoms with Gasteiger partial charge >= 0.3 is 6.03 Å². The van der Waals surface area contributed by atoms with Crippen LogP contribution in [0.3, 0.4) is 0 Å². The number of unbranched alkanes of at least 4 members (excludes halogenated alkanes) is 3. The largest absolute Gasteiger partial charge is 0.338 e. The predicted octanol–water partition coefficient (Wildman–Crippen LogP) is 3.14. The normalized spacial score (nSPS) is 17.5. The van der Waals surface area contributed by atoms with Gasteiger partial charge in [-0.25, -0.2) is 4.79 Å². The monoisotopic (exact) mass is 290 g/mol. The summed E-state index contributed by atoms with van der Waals surface area (Å²) in [5.74, 6) is 0. The van der Waals surface area contributed by atoms with Crippen molar-refractivity contribution in [2.45, 2.75) is 50.3 Å². The lowest BCUT2D eigenvalue weighted by Gasteiger charge is -2.29. The fourth-order valence-electron chi connectivity index (χ4n) is 1.91. The van der Waals surface area contributed by atoms with Crippen molar-refractivity contribution >= 4 is 22.0 Å². The van der Waals surface area contributed by atoms with Crippen LogP contribution in [0.5, 0.6) is 0 Å². The molecule has 0 aromatic heterocycles. The third kappa shape index (κ3) is 5.19. The number of amides is 2. The van der Waals surface area contributed by atoms with Gasteiger partial charge in [0, 0.05) is 24.5 Å². The van der Waals surface area contributed by atoms with E-state index in [4.69, 9.17) is 0 Å². The third-order valence-corrected chi connectivity index (χ3v) is 3.93. The molecule has 94 valence electrons. The molecule has 0 aromatic carbocycles. The van der Waals surface area contributed by atoms with Gasteiger partial charge in [-0.2, -0.15) is 0 Å². The van der Waals surface area contributed by atoms with Crippen molar-refractivity contribution < 1.29 is 4.79 Å². The van der Waals surface area contributed by atoms with Gasteiger partial charge in [-0.1, -0.05) is 42.1 Å². The molecule has 1 saturated heterocycles. The van der Waals surface area contributed by atoms with Crippen molar-refractivity contribution in [3.63, 3.8) is 0 Å². The highest BCUT2D eigenvalue weighted by atomic mass is 79.9. The van der Waals surface area contributed by atoms with E-state index in [1.807, 2.05) is 4.90 Å². The highest BCUT2D eigenvalue weighted by molar-refractivity contribution is 9.09. The van der Waals surface area contributed by atoms with Crippen molar-refractivity contribution in [3.05, 3.63) is 0 Å². The lowest BCUT2D eigenvalue weighted by Crippen LogP contribution is -2.44. The maximum Gasteiger partial charge on any atom is 0.317 e. The van der Waals surface area contributed by atoms with Crippen LogP contribution in [0.15, 0.2) is 0 Å². The summed E-state index contributed by atoms with van der Waals surface area (Å²) in [7, 11) is 0. The van der Waals surface area contributed by atoms with Crippen LogP contribution in [0.25, 0.3) is 0 Å². The number of nitrogens with one attached hydrogen (secondary N) is 1. The second kappa shape index (κ2) is 7.93. The van der Waals surface area contributed by atoms with Crippen LogP contribution in [0.4, 0.5) is 4.79 Å². The number of rotatable bonds is 5. The summed E-state index contributed by atoms with van der Waals surface area (Å²) in [6.45, 7) is 4.80. The molecule has 1 rings (SSSR count). The van der Waals surface area contributed by atoms with Gasteiger partial charge in [0.05, 0.1) is 0 Å². The predicted molar refractivity (Wildman–Crippen MR) is 71.1 cm³/mol. The van der Waals surface area contributed by atoms with E-state index in [0.29, 0.717) is 4.83 Å². The van der Waals surface area contributed by atoms with Gasteiger partial charge in [0.1, 0.15) is 0 Å². The maximum atomic E-state index is 11.7. The number of hydrogen-bond donors (Lipinski definition) is 1. The molecule has 0 unspecified atom stereocenters. The zero-order chi connectivity index (χ0) is 11.8. The zero-order valence-corrected chi connectivity index (χ0v) is 11.8. The van der Waals surface area contributed by atoms with E-state index >= 15 is 0 Å². The Kier molecular flexibility index (Phi) is 6.85. The molecule has 0 aromatic rings. The fourth-order valence-corrected chi connectivity index (χ4v) is 2.32. The summed E-state index contributed by atoms with van der Waals surface area (Å²) in [5, 5.41) is 3.00. The molecule has 0 atom stereocenters. The quantitative estimate of drug-likeness (QED) is 0.612. The number of urea groups is 1. The SMILES string of the molecule is CCCCCCNC(=O)N1CCC(Br)CC1. The zero-order valence-electron chi connectivity index (χ0n) is 10.2. The van der Waals surface area contributed by atoms with Crippen molar-refractivity contribution in [3.8, 4) is 0 Å². The summed E-state index contributed by atoms with van der Waals surface area (Å²) < 4.78 is 0. The standard InChI is InChI=1S/C12H23BrN2O/c1-2-3-4-5-8-14-12(16)15-9-6-11(13)7-10-15/h11H,2-10H2,1H3,(H,14,16). The van der Waals surface area contributed by atoms with Gasteiger partial charge < -0.3 is 10.2 Å². The Labute approximate surface area is 107 Å². The van der Waals surface area contributed by atoms with Crippen LogP contribution >= 0.6 is 15.9 Å². The molecule has 3 nitrogen and oxygen atoms in total. The summed E-state index contributed by atoms with van der Waals surface area (Å²) in [6, 6.07) is 0.121. The van der Waals surface area contributed by atoms with Gasteiger partial charge in [-0.15, -0.1) is 0 Å². The second-order valence-corrected chi connectivity index (χ2v) is 5.75. The number of nitrogens with zero attached hydrogens (tertiary/aromatic N) is 1. The molecule has 4 heteroatoms. The number of carbonyl (C=O) groups excluding carboxylic acids is 1. The minimum absolute atomic E-state index is 0.121. The van der Waals surface area contributed by atoms with E-state index in [2.05, 4.69) is 28.2 Å². The Morgan fingerprint density at radius 2 is 2.00 bits per heavy atom. The first-order valence-corrected chi connectivity index (χ1v) is 7.32. The van der Waals surface area contributed by atoms with E-state index in [9.17, 15) is 4.79 Å². The molecule has 2 amide bonds. The fraction of sp³-hybridized carbons (Fsp3) is 0.917. The van der Waals surface area contributed by atoms with E-state index in [1.54, 1.807) is 0 Å². The van der Waals surface area contributed by atoms with E-state index < -0.39 is 0 Å². The first-order valence-electron chi connectivity index (χ1n) is 6.41.